The van der Waals surface area contributed by atoms with E-state index in [-0.39, 0.29) is 25.2 Å². The highest BCUT2D eigenvalue weighted by atomic mass is 16.7. The monoisotopic (exact) mass is 331 g/mol. The van der Waals surface area contributed by atoms with E-state index in [1.807, 2.05) is 6.07 Å². The summed E-state index contributed by atoms with van der Waals surface area (Å²) in [5.74, 6) is 0. The van der Waals surface area contributed by atoms with E-state index >= 15 is 0 Å². The lowest BCUT2D eigenvalue weighted by atomic mass is 9.39. The van der Waals surface area contributed by atoms with Crippen molar-refractivity contribution in [1.29, 1.82) is 0 Å². The molecule has 3 nitrogen and oxygen atoms in total. The van der Waals surface area contributed by atoms with Gasteiger partial charge in [-0.3, -0.25) is 0 Å². The van der Waals surface area contributed by atoms with Gasteiger partial charge in [0.2, 0.25) is 0 Å². The Labute approximate surface area is 150 Å². The molecule has 0 amide bonds. The van der Waals surface area contributed by atoms with Gasteiger partial charge in [0.15, 0.2) is 0 Å². The molecule has 0 aromatic heterocycles. The van der Waals surface area contributed by atoms with E-state index in [2.05, 4.69) is 87.5 Å². The second kappa shape index (κ2) is 5.79. The number of fused-ring (bicyclic) bond motifs is 1. The second-order valence-electron chi connectivity index (χ2n) is 7.81. The fourth-order valence-electron chi connectivity index (χ4n) is 3.36. The Morgan fingerprint density at radius 3 is 2.08 bits per heavy atom. The van der Waals surface area contributed by atoms with Crippen LogP contribution in [0.5, 0.6) is 0 Å². The third kappa shape index (κ3) is 2.82. The van der Waals surface area contributed by atoms with Crippen molar-refractivity contribution in [3.63, 3.8) is 0 Å². The topological polar surface area (TPSA) is 30.5 Å². The second-order valence-corrected chi connectivity index (χ2v) is 7.81. The van der Waals surface area contributed by atoms with Crippen molar-refractivity contribution in [3.8, 4) is 0 Å². The van der Waals surface area contributed by atoms with Crippen molar-refractivity contribution in [2.24, 2.45) is 0 Å². The molecule has 0 aliphatic carbocycles. The van der Waals surface area contributed by atoms with E-state index in [0.717, 1.165) is 11.1 Å². The molecule has 4 rings (SSSR count). The van der Waals surface area contributed by atoms with Crippen molar-refractivity contribution in [2.75, 3.05) is 5.23 Å². The molecule has 0 unspecified atom stereocenters. The minimum absolute atomic E-state index is 0.0331. The maximum atomic E-state index is 6.34. The lowest BCUT2D eigenvalue weighted by Crippen LogP contribution is -2.48. The minimum Gasteiger partial charge on any atom is -0.420 e. The van der Waals surface area contributed by atoms with Crippen LogP contribution in [-0.2, 0) is 9.31 Å². The van der Waals surface area contributed by atoms with Crippen LogP contribution in [0.15, 0.2) is 60.0 Å². The van der Waals surface area contributed by atoms with Crippen LogP contribution in [-0.4, -0.2) is 25.2 Å². The van der Waals surface area contributed by atoms with Crippen molar-refractivity contribution < 1.29 is 9.31 Å². The Kier molecular flexibility index (Phi) is 3.82. The van der Waals surface area contributed by atoms with Crippen LogP contribution >= 0.6 is 0 Å². The number of nitrogens with one attached hydrogen (secondary N) is 1. The van der Waals surface area contributed by atoms with Crippen LogP contribution in [0.1, 0.15) is 33.3 Å². The van der Waals surface area contributed by atoms with Gasteiger partial charge in [-0.2, -0.15) is 0 Å². The SMILES string of the molecule is CC1(C)OB(C2=Cc3ccccc3NB2c2ccccc2)OC1(C)C. The zero-order chi connectivity index (χ0) is 17.7. The summed E-state index contributed by atoms with van der Waals surface area (Å²) in [6.45, 7) is 8.40. The molecular weight excluding hydrogens is 308 g/mol. The number of para-hydroxylation sites is 1. The van der Waals surface area contributed by atoms with Crippen LogP contribution in [0.4, 0.5) is 5.69 Å². The number of benzene rings is 2. The van der Waals surface area contributed by atoms with Crippen molar-refractivity contribution in [2.45, 2.75) is 38.9 Å². The molecule has 5 heteroatoms. The van der Waals surface area contributed by atoms with Crippen LogP contribution in [0.2, 0.25) is 0 Å². The molecular formula is C20H23B2NO2. The standard InChI is InChI=1S/C20H23B2NO2/c1-19(2)20(3,4)25-22(24-19)18-14-15-10-8-9-13-17(15)23-21(18)16-11-6-5-7-12-16/h5-14,23H,1-4H3. The van der Waals surface area contributed by atoms with Crippen LogP contribution < -0.4 is 10.7 Å². The van der Waals surface area contributed by atoms with E-state index in [9.17, 15) is 0 Å². The number of anilines is 1. The molecule has 1 fully saturated rings. The highest BCUT2D eigenvalue weighted by Crippen LogP contribution is 2.40. The summed E-state index contributed by atoms with van der Waals surface area (Å²) < 4.78 is 12.7. The van der Waals surface area contributed by atoms with E-state index < -0.39 is 0 Å². The first kappa shape index (κ1) is 16.5. The van der Waals surface area contributed by atoms with E-state index in [1.165, 1.54) is 11.0 Å². The third-order valence-corrected chi connectivity index (χ3v) is 5.57. The normalized spacial score (nSPS) is 20.7. The smallest absolute Gasteiger partial charge is 0.420 e. The lowest BCUT2D eigenvalue weighted by molar-refractivity contribution is 0.00578. The molecule has 126 valence electrons. The van der Waals surface area contributed by atoms with Crippen LogP contribution in [0.3, 0.4) is 0 Å². The van der Waals surface area contributed by atoms with Gasteiger partial charge in [0, 0.05) is 5.69 Å². The van der Waals surface area contributed by atoms with Crippen molar-refractivity contribution >= 4 is 31.2 Å². The molecule has 1 saturated heterocycles. The predicted octanol–water partition coefficient (Wildman–Crippen LogP) is 3.56. The average molecular weight is 331 g/mol. The maximum absolute atomic E-state index is 6.34. The summed E-state index contributed by atoms with van der Waals surface area (Å²) >= 11 is 0. The summed E-state index contributed by atoms with van der Waals surface area (Å²) in [7, 11) is -0.365. The highest BCUT2D eigenvalue weighted by molar-refractivity contribution is 6.95. The van der Waals surface area contributed by atoms with Gasteiger partial charge in [-0.15, -0.1) is 0 Å². The lowest BCUT2D eigenvalue weighted by Gasteiger charge is -2.32. The summed E-state index contributed by atoms with van der Waals surface area (Å²) in [6, 6.07) is 18.8. The van der Waals surface area contributed by atoms with Crippen molar-refractivity contribution in [3.05, 3.63) is 65.5 Å². The summed E-state index contributed by atoms with van der Waals surface area (Å²) in [5, 5.41) is 4.78. The van der Waals surface area contributed by atoms with Gasteiger partial charge in [-0.25, -0.2) is 0 Å². The molecule has 0 radical (unpaired) electrons. The Morgan fingerprint density at radius 2 is 1.40 bits per heavy atom. The molecule has 2 aromatic rings. The van der Waals surface area contributed by atoms with Gasteiger partial charge in [-0.1, -0.05) is 60.1 Å². The minimum atomic E-state index is -0.365. The largest absolute Gasteiger partial charge is 0.483 e. The first-order valence-corrected chi connectivity index (χ1v) is 8.85. The van der Waals surface area contributed by atoms with Crippen LogP contribution in [0.25, 0.3) is 6.08 Å². The first-order valence-electron chi connectivity index (χ1n) is 8.85. The average Bonchev–Trinajstić information content (AvgIpc) is 2.82. The first-order chi connectivity index (χ1) is 11.9. The molecule has 2 heterocycles. The quantitative estimate of drug-likeness (QED) is 0.854. The third-order valence-electron chi connectivity index (χ3n) is 5.57. The fraction of sp³-hybridized carbons (Fsp3) is 0.300. The summed E-state index contributed by atoms with van der Waals surface area (Å²) in [4.78, 5) is 0. The van der Waals surface area contributed by atoms with E-state index in [1.54, 1.807) is 0 Å². The zero-order valence-electron chi connectivity index (χ0n) is 15.2. The zero-order valence-corrected chi connectivity index (χ0v) is 15.2. The van der Waals surface area contributed by atoms with Gasteiger partial charge in [0.25, 0.3) is 0 Å². The van der Waals surface area contributed by atoms with E-state index in [4.69, 9.17) is 9.31 Å². The van der Waals surface area contributed by atoms with Crippen LogP contribution in [0, 0.1) is 0 Å². The number of hydrogen-bond donors (Lipinski definition) is 1. The fourth-order valence-corrected chi connectivity index (χ4v) is 3.36. The summed E-state index contributed by atoms with van der Waals surface area (Å²) in [6.07, 6.45) is 2.21. The molecule has 2 aromatic carbocycles. The Morgan fingerprint density at radius 1 is 0.800 bits per heavy atom. The molecule has 2 aliphatic rings. The van der Waals surface area contributed by atoms with Gasteiger partial charge < -0.3 is 14.5 Å². The van der Waals surface area contributed by atoms with Gasteiger partial charge >= 0.3 is 14.0 Å². The molecule has 0 spiro atoms. The predicted molar refractivity (Wildman–Crippen MR) is 106 cm³/mol. The van der Waals surface area contributed by atoms with Crippen molar-refractivity contribution in [1.82, 2.24) is 0 Å². The van der Waals surface area contributed by atoms with Gasteiger partial charge in [0.1, 0.15) is 0 Å². The molecule has 0 atom stereocenters. The molecule has 1 N–H and O–H groups in total. The maximum Gasteiger partial charge on any atom is 0.483 e. The Hall–Kier alpha value is -1.97. The van der Waals surface area contributed by atoms with E-state index in [0.29, 0.717) is 0 Å². The number of hydrogen-bond acceptors (Lipinski definition) is 3. The molecule has 0 bridgehead atoms. The Balaban J connectivity index is 1.78. The number of rotatable bonds is 2. The Bertz CT molecular complexity index is 801. The molecule has 2 aliphatic heterocycles. The molecule has 25 heavy (non-hydrogen) atoms. The van der Waals surface area contributed by atoms with Gasteiger partial charge in [-0.05, 0) is 44.7 Å². The highest BCUT2D eigenvalue weighted by Gasteiger charge is 2.54. The molecule has 0 saturated carbocycles. The summed E-state index contributed by atoms with van der Waals surface area (Å²) in [5.41, 5.74) is 2.81. The van der Waals surface area contributed by atoms with Gasteiger partial charge in [0.05, 0.1) is 11.2 Å².